The Labute approximate surface area is 41.7 Å². The molecule has 0 aromatic rings. The minimum absolute atomic E-state index is 0. The van der Waals surface area contributed by atoms with Crippen molar-refractivity contribution in [3.05, 3.63) is 0 Å². The van der Waals surface area contributed by atoms with Crippen LogP contribution in [0.5, 0.6) is 0 Å². The molecule has 0 radical (unpaired) electrons. The van der Waals surface area contributed by atoms with E-state index in [0.717, 1.165) is 0 Å². The third kappa shape index (κ3) is 166. The molecule has 46 valence electrons. The lowest BCUT2D eigenvalue weighted by Gasteiger charge is -1.52. The quantitative estimate of drug-likeness (QED) is 0.387. The molecule has 0 aliphatic carbocycles. The van der Waals surface area contributed by atoms with Crippen molar-refractivity contribution in [3.63, 3.8) is 0 Å². The Hall–Kier alpha value is -0.610. The van der Waals surface area contributed by atoms with E-state index < -0.39 is 0 Å². The molecule has 4 nitrogen and oxygen atoms in total. The first-order valence-corrected chi connectivity index (χ1v) is 1.52. The van der Waals surface area contributed by atoms with Crippen LogP contribution in [-0.2, 0) is 4.79 Å². The maximum absolute atomic E-state index is 8.36. The van der Waals surface area contributed by atoms with Crippen LogP contribution in [-0.4, -0.2) is 28.8 Å². The minimum Gasteiger partial charge on any atom is -0.483 e. The van der Waals surface area contributed by atoms with Gasteiger partial charge in [-0.2, -0.15) is 0 Å². The average Bonchev–Trinajstić information content (AvgIpc) is 1.39. The van der Waals surface area contributed by atoms with Crippen molar-refractivity contribution < 1.29 is 20.5 Å². The van der Waals surface area contributed by atoms with Gasteiger partial charge >= 0.3 is 0 Å². The van der Waals surface area contributed by atoms with Crippen LogP contribution in [0.25, 0.3) is 0 Å². The number of carboxylic acid groups (broad SMARTS) is 1. The van der Waals surface area contributed by atoms with Crippen LogP contribution in [0.15, 0.2) is 0 Å². The van der Waals surface area contributed by atoms with Crippen molar-refractivity contribution in [3.8, 4) is 0 Å². The SMILES string of the molecule is CCO.O.O=CO. The predicted octanol–water partition coefficient (Wildman–Crippen LogP) is -1.13. The van der Waals surface area contributed by atoms with E-state index in [0.29, 0.717) is 0 Å². The second-order valence-electron chi connectivity index (χ2n) is 0.422. The molecule has 4 heteroatoms. The normalized spacial score (nSPS) is 4.29. The number of rotatable bonds is 0. The summed E-state index contributed by atoms with van der Waals surface area (Å²) in [5.74, 6) is 0. The summed E-state index contributed by atoms with van der Waals surface area (Å²) in [6.45, 7) is 1.68. The fraction of sp³-hybridized carbons (Fsp3) is 0.667. The zero-order chi connectivity index (χ0) is 5.41. The van der Waals surface area contributed by atoms with Gasteiger partial charge in [0.15, 0.2) is 0 Å². The maximum atomic E-state index is 8.36. The third-order valence-corrected chi connectivity index (χ3v) is 0. The second kappa shape index (κ2) is 53.8. The Morgan fingerprint density at radius 3 is 1.71 bits per heavy atom. The molecular weight excluding hydrogens is 100 g/mol. The first-order chi connectivity index (χ1) is 2.83. The van der Waals surface area contributed by atoms with Gasteiger partial charge in [0, 0.05) is 6.61 Å². The smallest absolute Gasteiger partial charge is 0.290 e. The van der Waals surface area contributed by atoms with Gasteiger partial charge in [-0.25, -0.2) is 0 Å². The molecule has 0 aliphatic heterocycles. The lowest BCUT2D eigenvalue weighted by Crippen LogP contribution is -1.57. The summed E-state index contributed by atoms with van der Waals surface area (Å²) in [5, 5.41) is 14.5. The van der Waals surface area contributed by atoms with E-state index in [1.165, 1.54) is 0 Å². The number of aliphatic hydroxyl groups is 1. The summed E-state index contributed by atoms with van der Waals surface area (Å²) in [4.78, 5) is 8.36. The highest BCUT2D eigenvalue weighted by Gasteiger charge is 1.34. The van der Waals surface area contributed by atoms with Gasteiger partial charge in [0.05, 0.1) is 0 Å². The molecule has 0 aromatic heterocycles. The molecule has 0 heterocycles. The number of carbonyl (C=O) groups is 1. The molecule has 0 amide bonds. The topological polar surface area (TPSA) is 89.0 Å². The summed E-state index contributed by atoms with van der Waals surface area (Å²) < 4.78 is 0. The van der Waals surface area contributed by atoms with Gasteiger partial charge in [-0.05, 0) is 6.92 Å². The first kappa shape index (κ1) is 16.2. The molecule has 0 bridgehead atoms. The van der Waals surface area contributed by atoms with E-state index in [-0.39, 0.29) is 18.6 Å². The number of aliphatic hydroxyl groups excluding tert-OH is 1. The Kier molecular flexibility index (Phi) is 124. The molecule has 0 aliphatic rings. The summed E-state index contributed by atoms with van der Waals surface area (Å²) in [6.07, 6.45) is 0. The van der Waals surface area contributed by atoms with Crippen LogP contribution in [0.1, 0.15) is 6.92 Å². The first-order valence-electron chi connectivity index (χ1n) is 1.52. The van der Waals surface area contributed by atoms with Crippen LogP contribution in [0, 0.1) is 0 Å². The van der Waals surface area contributed by atoms with Crippen LogP contribution >= 0.6 is 0 Å². The van der Waals surface area contributed by atoms with Crippen molar-refractivity contribution in [2.45, 2.75) is 6.92 Å². The molecule has 0 spiro atoms. The number of hydrogen-bond acceptors (Lipinski definition) is 2. The van der Waals surface area contributed by atoms with E-state index >= 15 is 0 Å². The summed E-state index contributed by atoms with van der Waals surface area (Å²) in [5.41, 5.74) is 0. The van der Waals surface area contributed by atoms with Crippen molar-refractivity contribution in [2.75, 3.05) is 6.61 Å². The van der Waals surface area contributed by atoms with Gasteiger partial charge in [-0.1, -0.05) is 0 Å². The Morgan fingerprint density at radius 1 is 1.71 bits per heavy atom. The molecular formula is C3H10O4. The van der Waals surface area contributed by atoms with Crippen molar-refractivity contribution in [1.29, 1.82) is 0 Å². The van der Waals surface area contributed by atoms with Crippen molar-refractivity contribution >= 4 is 6.47 Å². The van der Waals surface area contributed by atoms with Crippen LogP contribution in [0.3, 0.4) is 0 Å². The van der Waals surface area contributed by atoms with E-state index in [4.69, 9.17) is 15.0 Å². The maximum Gasteiger partial charge on any atom is 0.290 e. The van der Waals surface area contributed by atoms with Crippen LogP contribution < -0.4 is 0 Å². The zero-order valence-corrected chi connectivity index (χ0v) is 4.09. The van der Waals surface area contributed by atoms with Gasteiger partial charge in [0.25, 0.3) is 6.47 Å². The molecule has 4 N–H and O–H groups in total. The predicted molar refractivity (Wildman–Crippen MR) is 25.1 cm³/mol. The van der Waals surface area contributed by atoms with E-state index in [9.17, 15) is 0 Å². The molecule has 0 fully saturated rings. The molecule has 0 rings (SSSR count). The average molecular weight is 110 g/mol. The van der Waals surface area contributed by atoms with Crippen LogP contribution in [0.4, 0.5) is 0 Å². The van der Waals surface area contributed by atoms with Crippen molar-refractivity contribution in [2.24, 2.45) is 0 Å². The van der Waals surface area contributed by atoms with E-state index in [1.54, 1.807) is 6.92 Å². The summed E-state index contributed by atoms with van der Waals surface area (Å²) in [7, 11) is 0. The molecule has 0 saturated heterocycles. The van der Waals surface area contributed by atoms with Gasteiger partial charge < -0.3 is 15.7 Å². The zero-order valence-electron chi connectivity index (χ0n) is 4.09. The van der Waals surface area contributed by atoms with Gasteiger partial charge in [0.1, 0.15) is 0 Å². The van der Waals surface area contributed by atoms with Crippen LogP contribution in [0.2, 0.25) is 0 Å². The largest absolute Gasteiger partial charge is 0.483 e. The Balaban J connectivity index is -0.0000000400. The lowest BCUT2D eigenvalue weighted by molar-refractivity contribution is -0.122. The van der Waals surface area contributed by atoms with E-state index in [1.807, 2.05) is 0 Å². The van der Waals surface area contributed by atoms with E-state index in [2.05, 4.69) is 0 Å². The monoisotopic (exact) mass is 110 g/mol. The minimum atomic E-state index is -0.250. The van der Waals surface area contributed by atoms with Gasteiger partial charge in [-0.3, -0.25) is 4.79 Å². The highest BCUT2D eigenvalue weighted by Crippen LogP contribution is 1.30. The molecule has 0 aromatic carbocycles. The fourth-order valence-electron chi connectivity index (χ4n) is 0. The van der Waals surface area contributed by atoms with Crippen molar-refractivity contribution in [1.82, 2.24) is 0 Å². The lowest BCUT2D eigenvalue weighted by atomic mass is 10.9. The second-order valence-corrected chi connectivity index (χ2v) is 0.422. The summed E-state index contributed by atoms with van der Waals surface area (Å²) >= 11 is 0. The third-order valence-electron chi connectivity index (χ3n) is 0. The molecule has 7 heavy (non-hydrogen) atoms. The molecule has 0 saturated carbocycles. The molecule has 0 atom stereocenters. The standard InChI is InChI=1S/C2H6O.CH2O2.H2O/c1-2-3;2-1-3;/h3H,2H2,1H3;1H,(H,2,3);1H2. The van der Waals surface area contributed by atoms with Gasteiger partial charge in [0.2, 0.25) is 0 Å². The Morgan fingerprint density at radius 2 is 1.71 bits per heavy atom. The Bertz CT molecular complexity index is 20.9. The highest BCUT2D eigenvalue weighted by atomic mass is 16.3. The highest BCUT2D eigenvalue weighted by molar-refractivity contribution is 5.32. The molecule has 0 unspecified atom stereocenters. The number of hydrogen-bond donors (Lipinski definition) is 2. The van der Waals surface area contributed by atoms with Gasteiger partial charge in [-0.15, -0.1) is 0 Å². The summed E-state index contributed by atoms with van der Waals surface area (Å²) in [6, 6.07) is 0. The fourth-order valence-corrected chi connectivity index (χ4v) is 0.